The minimum atomic E-state index is -0.296. The number of carbonyl (C=O) groups excluding carboxylic acids is 1. The van der Waals surface area contributed by atoms with Gasteiger partial charge in [-0.15, -0.1) is 5.10 Å². The Kier molecular flexibility index (Phi) is 6.77. The number of thioether (sulfide) groups is 1. The first kappa shape index (κ1) is 21.0. The lowest BCUT2D eigenvalue weighted by Gasteiger charge is -2.32. The first-order valence-corrected chi connectivity index (χ1v) is 12.1. The summed E-state index contributed by atoms with van der Waals surface area (Å²) in [6.07, 6.45) is 6.67. The fraction of sp³-hybridized carbons (Fsp3) is 0.522. The molecule has 7 heteroatoms. The third kappa shape index (κ3) is 4.26. The molecule has 0 saturated carbocycles. The molecule has 160 valence electrons. The van der Waals surface area contributed by atoms with E-state index in [-0.39, 0.29) is 11.8 Å². The number of unbranched alkanes of at least 4 members (excludes halogenated alkanes) is 2. The van der Waals surface area contributed by atoms with Crippen LogP contribution in [0.1, 0.15) is 70.4 Å². The minimum absolute atomic E-state index is 0.193. The molecule has 1 N–H and O–H groups in total. The van der Waals surface area contributed by atoms with E-state index in [1.165, 1.54) is 0 Å². The standard InChI is InChI=1S/C23H30N4O2S/c1-3-5-14-29-19-13-8-7-10-16(19)21-20-17(11-9-12-18(20)28)24-22-25-23(26-27(21)22)30-15-6-4-2/h7-8,10,13,21H,3-6,9,11-12,14-15H2,1-2H3,(H,24,25,26). The Hall–Kier alpha value is -2.28. The van der Waals surface area contributed by atoms with Crippen LogP contribution < -0.4 is 10.1 Å². The molecule has 1 aromatic carbocycles. The molecule has 2 aromatic rings. The van der Waals surface area contributed by atoms with E-state index in [2.05, 4.69) is 25.2 Å². The molecule has 6 nitrogen and oxygen atoms in total. The summed E-state index contributed by atoms with van der Waals surface area (Å²) in [6.45, 7) is 5.00. The maximum atomic E-state index is 13.0. The van der Waals surface area contributed by atoms with Crippen LogP contribution in [0, 0.1) is 0 Å². The van der Waals surface area contributed by atoms with Crippen molar-refractivity contribution in [2.45, 2.75) is 70.0 Å². The van der Waals surface area contributed by atoms with Crippen molar-refractivity contribution < 1.29 is 9.53 Å². The number of allylic oxidation sites excluding steroid dienone is 2. The predicted octanol–water partition coefficient (Wildman–Crippen LogP) is 5.37. The number of nitrogens with zero attached hydrogens (tertiary/aromatic N) is 3. The normalized spacial score (nSPS) is 18.1. The molecule has 1 unspecified atom stereocenters. The number of para-hydroxylation sites is 1. The quantitative estimate of drug-likeness (QED) is 0.429. The van der Waals surface area contributed by atoms with Gasteiger partial charge in [-0.3, -0.25) is 4.79 Å². The summed E-state index contributed by atoms with van der Waals surface area (Å²) in [5.74, 6) is 2.73. The number of carbonyl (C=O) groups is 1. The monoisotopic (exact) mass is 426 g/mol. The van der Waals surface area contributed by atoms with Gasteiger partial charge in [-0.2, -0.15) is 4.98 Å². The van der Waals surface area contributed by atoms with E-state index >= 15 is 0 Å². The highest BCUT2D eigenvalue weighted by Crippen LogP contribution is 2.43. The SMILES string of the molecule is CCCCOc1ccccc1C1C2=C(CCCC2=O)Nc2nc(SCCCC)nn21. The summed E-state index contributed by atoms with van der Waals surface area (Å²) in [7, 11) is 0. The molecule has 2 aliphatic rings. The molecule has 1 aromatic heterocycles. The molecule has 0 fully saturated rings. The van der Waals surface area contributed by atoms with E-state index in [0.717, 1.165) is 78.0 Å². The highest BCUT2D eigenvalue weighted by atomic mass is 32.2. The highest BCUT2D eigenvalue weighted by molar-refractivity contribution is 7.99. The molecule has 0 bridgehead atoms. The minimum Gasteiger partial charge on any atom is -0.493 e. The molecule has 1 aliphatic heterocycles. The molecule has 4 rings (SSSR count). The van der Waals surface area contributed by atoms with Crippen molar-refractivity contribution in [3.8, 4) is 5.75 Å². The van der Waals surface area contributed by atoms with Gasteiger partial charge in [0, 0.05) is 29.0 Å². The molecule has 1 atom stereocenters. The Labute approximate surface area is 182 Å². The number of fused-ring (bicyclic) bond motifs is 1. The second-order valence-electron chi connectivity index (χ2n) is 7.80. The van der Waals surface area contributed by atoms with Crippen molar-refractivity contribution in [2.75, 3.05) is 17.7 Å². The maximum Gasteiger partial charge on any atom is 0.227 e. The van der Waals surface area contributed by atoms with E-state index in [4.69, 9.17) is 14.8 Å². The summed E-state index contributed by atoms with van der Waals surface area (Å²) in [4.78, 5) is 17.7. The van der Waals surface area contributed by atoms with Crippen molar-refractivity contribution in [1.82, 2.24) is 14.8 Å². The number of anilines is 1. The summed E-state index contributed by atoms with van der Waals surface area (Å²) in [6, 6.07) is 7.74. The lowest BCUT2D eigenvalue weighted by Crippen LogP contribution is -2.31. The van der Waals surface area contributed by atoms with Gasteiger partial charge in [0.05, 0.1) is 6.61 Å². The van der Waals surface area contributed by atoms with Crippen LogP contribution in [0.2, 0.25) is 0 Å². The Morgan fingerprint density at radius 3 is 2.87 bits per heavy atom. The average Bonchev–Trinajstić information content (AvgIpc) is 3.16. The smallest absolute Gasteiger partial charge is 0.227 e. The van der Waals surface area contributed by atoms with Gasteiger partial charge in [-0.1, -0.05) is 56.7 Å². The lowest BCUT2D eigenvalue weighted by molar-refractivity contribution is -0.116. The number of ketones is 1. The number of hydrogen-bond donors (Lipinski definition) is 1. The number of aromatic nitrogens is 3. The number of benzene rings is 1. The Morgan fingerprint density at radius 1 is 1.20 bits per heavy atom. The fourth-order valence-electron chi connectivity index (χ4n) is 3.96. The zero-order valence-electron chi connectivity index (χ0n) is 17.8. The molecular weight excluding hydrogens is 396 g/mol. The fourth-order valence-corrected chi connectivity index (χ4v) is 4.87. The summed E-state index contributed by atoms with van der Waals surface area (Å²) < 4.78 is 8.01. The molecule has 2 heterocycles. The number of nitrogens with one attached hydrogen (secondary N) is 1. The molecule has 0 saturated heterocycles. The Morgan fingerprint density at radius 2 is 2.03 bits per heavy atom. The van der Waals surface area contributed by atoms with Crippen molar-refractivity contribution >= 4 is 23.5 Å². The van der Waals surface area contributed by atoms with Crippen LogP contribution in [0.25, 0.3) is 0 Å². The predicted molar refractivity (Wildman–Crippen MR) is 120 cm³/mol. The first-order chi connectivity index (χ1) is 14.7. The van der Waals surface area contributed by atoms with E-state index in [1.807, 2.05) is 22.9 Å². The van der Waals surface area contributed by atoms with Crippen LogP contribution >= 0.6 is 11.8 Å². The van der Waals surface area contributed by atoms with Crippen molar-refractivity contribution in [1.29, 1.82) is 0 Å². The van der Waals surface area contributed by atoms with Crippen LogP contribution in [0.3, 0.4) is 0 Å². The van der Waals surface area contributed by atoms with Gasteiger partial charge in [0.25, 0.3) is 0 Å². The number of hydrogen-bond acceptors (Lipinski definition) is 6. The van der Waals surface area contributed by atoms with E-state index in [9.17, 15) is 4.79 Å². The van der Waals surface area contributed by atoms with Crippen LogP contribution in [0.4, 0.5) is 5.95 Å². The zero-order valence-corrected chi connectivity index (χ0v) is 18.6. The van der Waals surface area contributed by atoms with Gasteiger partial charge in [-0.05, 0) is 31.7 Å². The van der Waals surface area contributed by atoms with Gasteiger partial charge in [0.15, 0.2) is 5.78 Å². The zero-order chi connectivity index (χ0) is 20.9. The molecule has 0 amide bonds. The molecule has 0 radical (unpaired) electrons. The number of rotatable bonds is 9. The summed E-state index contributed by atoms with van der Waals surface area (Å²) >= 11 is 1.67. The second kappa shape index (κ2) is 9.69. The summed E-state index contributed by atoms with van der Waals surface area (Å²) in [5, 5.41) is 8.97. The van der Waals surface area contributed by atoms with Crippen molar-refractivity contribution in [2.24, 2.45) is 0 Å². The Balaban J connectivity index is 1.75. The average molecular weight is 427 g/mol. The number of Topliss-reactive ketones (excluding diaryl/α,β-unsaturated/α-hetero) is 1. The maximum absolute atomic E-state index is 13.0. The molecule has 30 heavy (non-hydrogen) atoms. The molecule has 0 spiro atoms. The highest BCUT2D eigenvalue weighted by Gasteiger charge is 2.38. The van der Waals surface area contributed by atoms with Gasteiger partial charge in [0.2, 0.25) is 11.1 Å². The van der Waals surface area contributed by atoms with Crippen molar-refractivity contribution in [3.63, 3.8) is 0 Å². The van der Waals surface area contributed by atoms with Crippen LogP contribution in [-0.4, -0.2) is 32.9 Å². The van der Waals surface area contributed by atoms with E-state index in [0.29, 0.717) is 13.0 Å². The van der Waals surface area contributed by atoms with Gasteiger partial charge in [0.1, 0.15) is 11.8 Å². The van der Waals surface area contributed by atoms with Crippen LogP contribution in [-0.2, 0) is 4.79 Å². The third-order valence-corrected chi connectivity index (χ3v) is 6.47. The van der Waals surface area contributed by atoms with Gasteiger partial charge in [-0.25, -0.2) is 4.68 Å². The Bertz CT molecular complexity index is 937. The van der Waals surface area contributed by atoms with E-state index in [1.54, 1.807) is 11.8 Å². The third-order valence-electron chi connectivity index (χ3n) is 5.55. The van der Waals surface area contributed by atoms with E-state index < -0.39 is 0 Å². The van der Waals surface area contributed by atoms with Crippen molar-refractivity contribution in [3.05, 3.63) is 41.1 Å². The van der Waals surface area contributed by atoms with Crippen LogP contribution in [0.15, 0.2) is 40.7 Å². The molecule has 1 aliphatic carbocycles. The second-order valence-corrected chi connectivity index (χ2v) is 8.86. The topological polar surface area (TPSA) is 69.0 Å². The number of ether oxygens (including phenoxy) is 1. The van der Waals surface area contributed by atoms with Crippen LogP contribution in [0.5, 0.6) is 5.75 Å². The largest absolute Gasteiger partial charge is 0.493 e. The first-order valence-electron chi connectivity index (χ1n) is 11.1. The lowest BCUT2D eigenvalue weighted by atomic mass is 9.85. The molecular formula is C23H30N4O2S. The van der Waals surface area contributed by atoms with Gasteiger partial charge < -0.3 is 10.1 Å². The summed E-state index contributed by atoms with van der Waals surface area (Å²) in [5.41, 5.74) is 2.79. The van der Waals surface area contributed by atoms with Gasteiger partial charge >= 0.3 is 0 Å².